The minimum Gasteiger partial charge on any atom is -0.507 e. The first kappa shape index (κ1) is 13.9. The predicted molar refractivity (Wildman–Crippen MR) is 86.6 cm³/mol. The third-order valence-corrected chi connectivity index (χ3v) is 3.48. The highest BCUT2D eigenvalue weighted by molar-refractivity contribution is 6.14. The first-order valence-electron chi connectivity index (χ1n) is 6.85. The predicted octanol–water partition coefficient (Wildman–Crippen LogP) is 3.81. The molecule has 0 aliphatic carbocycles. The van der Waals surface area contributed by atoms with E-state index in [9.17, 15) is 9.90 Å². The van der Waals surface area contributed by atoms with Crippen LogP contribution >= 0.6 is 0 Å². The largest absolute Gasteiger partial charge is 0.507 e. The van der Waals surface area contributed by atoms with Crippen LogP contribution < -0.4 is 10.1 Å². The molecule has 0 fully saturated rings. The van der Waals surface area contributed by atoms with Crippen molar-refractivity contribution < 1.29 is 14.6 Å². The van der Waals surface area contributed by atoms with Crippen LogP contribution in [-0.4, -0.2) is 18.1 Å². The van der Waals surface area contributed by atoms with Gasteiger partial charge in [-0.1, -0.05) is 30.3 Å². The molecule has 0 aliphatic rings. The van der Waals surface area contributed by atoms with Crippen molar-refractivity contribution in [1.29, 1.82) is 0 Å². The Bertz CT molecular complexity index is 825. The molecule has 0 saturated carbocycles. The number of phenols is 1. The maximum atomic E-state index is 12.5. The van der Waals surface area contributed by atoms with Crippen LogP contribution in [0.2, 0.25) is 0 Å². The Morgan fingerprint density at radius 2 is 1.73 bits per heavy atom. The molecule has 4 heteroatoms. The molecule has 4 nitrogen and oxygen atoms in total. The summed E-state index contributed by atoms with van der Waals surface area (Å²) in [6, 6.07) is 17.8. The van der Waals surface area contributed by atoms with Crippen molar-refractivity contribution >= 4 is 22.4 Å². The standard InChI is InChI=1S/C18H15NO3/c1-22-14-9-7-13(8-10-14)19-18(21)17-15-5-3-2-4-12(15)6-11-16(17)20/h2-11,20H,1H3,(H,19,21). The number of ether oxygens (including phenoxy) is 1. The summed E-state index contributed by atoms with van der Waals surface area (Å²) in [4.78, 5) is 12.5. The van der Waals surface area contributed by atoms with Crippen molar-refractivity contribution in [3.63, 3.8) is 0 Å². The molecule has 0 aliphatic heterocycles. The van der Waals surface area contributed by atoms with Crippen molar-refractivity contribution in [2.24, 2.45) is 0 Å². The summed E-state index contributed by atoms with van der Waals surface area (Å²) in [5.74, 6) is 0.329. The monoisotopic (exact) mass is 293 g/mol. The number of benzene rings is 3. The minimum atomic E-state index is -0.348. The van der Waals surface area contributed by atoms with Crippen LogP contribution in [0.15, 0.2) is 60.7 Å². The van der Waals surface area contributed by atoms with Gasteiger partial charge in [0, 0.05) is 5.69 Å². The summed E-state index contributed by atoms with van der Waals surface area (Å²) in [7, 11) is 1.59. The maximum absolute atomic E-state index is 12.5. The van der Waals surface area contributed by atoms with Crippen LogP contribution in [0.5, 0.6) is 11.5 Å². The van der Waals surface area contributed by atoms with E-state index in [4.69, 9.17) is 4.74 Å². The number of hydrogen-bond acceptors (Lipinski definition) is 3. The quantitative estimate of drug-likeness (QED) is 0.772. The van der Waals surface area contributed by atoms with Gasteiger partial charge in [-0.3, -0.25) is 4.79 Å². The maximum Gasteiger partial charge on any atom is 0.260 e. The second kappa shape index (κ2) is 5.77. The molecule has 0 saturated heterocycles. The molecule has 3 aromatic rings. The molecule has 0 atom stereocenters. The number of methoxy groups -OCH3 is 1. The number of carbonyl (C=O) groups excluding carboxylic acids is 1. The van der Waals surface area contributed by atoms with Crippen molar-refractivity contribution in [3.8, 4) is 11.5 Å². The molecule has 2 N–H and O–H groups in total. The Labute approximate surface area is 128 Å². The van der Waals surface area contributed by atoms with Gasteiger partial charge in [-0.05, 0) is 41.1 Å². The van der Waals surface area contributed by atoms with Crippen LogP contribution in [0.25, 0.3) is 10.8 Å². The van der Waals surface area contributed by atoms with Gasteiger partial charge in [-0.25, -0.2) is 0 Å². The number of aromatic hydroxyl groups is 1. The molecule has 0 spiro atoms. The number of rotatable bonds is 3. The fourth-order valence-corrected chi connectivity index (χ4v) is 2.37. The van der Waals surface area contributed by atoms with Crippen molar-refractivity contribution in [1.82, 2.24) is 0 Å². The van der Waals surface area contributed by atoms with E-state index in [-0.39, 0.29) is 17.2 Å². The van der Waals surface area contributed by atoms with Gasteiger partial charge < -0.3 is 15.2 Å². The average molecular weight is 293 g/mol. The summed E-state index contributed by atoms with van der Waals surface area (Å²) in [5, 5.41) is 14.5. The molecular formula is C18H15NO3. The van der Waals surface area contributed by atoms with E-state index in [1.54, 1.807) is 37.4 Å². The van der Waals surface area contributed by atoms with Crippen molar-refractivity contribution in [2.75, 3.05) is 12.4 Å². The molecule has 22 heavy (non-hydrogen) atoms. The Morgan fingerprint density at radius 1 is 1.00 bits per heavy atom. The summed E-state index contributed by atoms with van der Waals surface area (Å²) in [5.41, 5.74) is 0.909. The topological polar surface area (TPSA) is 58.6 Å². The van der Waals surface area contributed by atoms with Crippen LogP contribution in [0.4, 0.5) is 5.69 Å². The smallest absolute Gasteiger partial charge is 0.260 e. The number of fused-ring (bicyclic) bond motifs is 1. The second-order valence-corrected chi connectivity index (χ2v) is 4.86. The number of nitrogens with one attached hydrogen (secondary N) is 1. The fraction of sp³-hybridized carbons (Fsp3) is 0.0556. The van der Waals surface area contributed by atoms with Crippen LogP contribution in [0.3, 0.4) is 0 Å². The number of phenolic OH excluding ortho intramolecular Hbond substituents is 1. The third-order valence-electron chi connectivity index (χ3n) is 3.48. The van der Waals surface area contributed by atoms with Gasteiger partial charge in [0.1, 0.15) is 11.5 Å². The lowest BCUT2D eigenvalue weighted by molar-refractivity contribution is 0.102. The first-order chi connectivity index (χ1) is 10.7. The van der Waals surface area contributed by atoms with Crippen LogP contribution in [-0.2, 0) is 0 Å². The zero-order chi connectivity index (χ0) is 15.5. The van der Waals surface area contributed by atoms with Gasteiger partial charge >= 0.3 is 0 Å². The lowest BCUT2D eigenvalue weighted by Gasteiger charge is -2.10. The highest BCUT2D eigenvalue weighted by Crippen LogP contribution is 2.28. The summed E-state index contributed by atoms with van der Waals surface area (Å²) in [6.45, 7) is 0. The Kier molecular flexibility index (Phi) is 3.66. The van der Waals surface area contributed by atoms with E-state index < -0.39 is 0 Å². The SMILES string of the molecule is COc1ccc(NC(=O)c2c(O)ccc3ccccc23)cc1. The molecule has 0 aromatic heterocycles. The van der Waals surface area contributed by atoms with Crippen molar-refractivity contribution in [3.05, 3.63) is 66.2 Å². The molecule has 110 valence electrons. The summed E-state index contributed by atoms with van der Waals surface area (Å²) >= 11 is 0. The number of anilines is 1. The van der Waals surface area contributed by atoms with Crippen LogP contribution in [0, 0.1) is 0 Å². The first-order valence-corrected chi connectivity index (χ1v) is 6.85. The Morgan fingerprint density at radius 3 is 2.45 bits per heavy atom. The van der Waals surface area contributed by atoms with Gasteiger partial charge in [-0.15, -0.1) is 0 Å². The van der Waals surface area contributed by atoms with E-state index >= 15 is 0 Å². The average Bonchev–Trinajstić information content (AvgIpc) is 2.55. The van der Waals surface area contributed by atoms with Gasteiger partial charge in [0.25, 0.3) is 5.91 Å². The normalized spacial score (nSPS) is 10.4. The van der Waals surface area contributed by atoms with Gasteiger partial charge in [0.15, 0.2) is 0 Å². The number of carbonyl (C=O) groups is 1. The second-order valence-electron chi connectivity index (χ2n) is 4.86. The summed E-state index contributed by atoms with van der Waals surface area (Å²) in [6.07, 6.45) is 0. The highest BCUT2D eigenvalue weighted by atomic mass is 16.5. The molecular weight excluding hydrogens is 278 g/mol. The third kappa shape index (κ3) is 2.59. The van der Waals surface area contributed by atoms with Crippen molar-refractivity contribution in [2.45, 2.75) is 0 Å². The van der Waals surface area contributed by atoms with E-state index in [1.165, 1.54) is 6.07 Å². The van der Waals surface area contributed by atoms with E-state index in [0.717, 1.165) is 5.39 Å². The molecule has 0 bridgehead atoms. The molecule has 0 unspecified atom stereocenters. The number of hydrogen-bond donors (Lipinski definition) is 2. The molecule has 0 heterocycles. The van der Waals surface area contributed by atoms with E-state index in [2.05, 4.69) is 5.32 Å². The zero-order valence-electron chi connectivity index (χ0n) is 12.0. The zero-order valence-corrected chi connectivity index (χ0v) is 12.0. The Hall–Kier alpha value is -3.01. The lowest BCUT2D eigenvalue weighted by atomic mass is 10.0. The van der Waals surface area contributed by atoms with Gasteiger partial charge in [0.2, 0.25) is 0 Å². The van der Waals surface area contributed by atoms with Crippen LogP contribution in [0.1, 0.15) is 10.4 Å². The molecule has 3 rings (SSSR count). The lowest BCUT2D eigenvalue weighted by Crippen LogP contribution is -2.12. The molecule has 1 amide bonds. The van der Waals surface area contributed by atoms with E-state index in [1.807, 2.05) is 24.3 Å². The molecule has 0 radical (unpaired) electrons. The Balaban J connectivity index is 1.96. The van der Waals surface area contributed by atoms with E-state index in [0.29, 0.717) is 16.8 Å². The van der Waals surface area contributed by atoms with Gasteiger partial charge in [-0.2, -0.15) is 0 Å². The minimum absolute atomic E-state index is 0.0373. The number of amides is 1. The highest BCUT2D eigenvalue weighted by Gasteiger charge is 2.15. The fourth-order valence-electron chi connectivity index (χ4n) is 2.37. The van der Waals surface area contributed by atoms with Gasteiger partial charge in [0.05, 0.1) is 12.7 Å². The molecule has 3 aromatic carbocycles. The summed E-state index contributed by atoms with van der Waals surface area (Å²) < 4.78 is 5.08.